The van der Waals surface area contributed by atoms with Gasteiger partial charge in [0, 0.05) is 5.92 Å². The number of hydrogen-bond donors (Lipinski definition) is 1. The lowest BCUT2D eigenvalue weighted by molar-refractivity contribution is 0.168. The molecule has 1 N–H and O–H groups in total. The number of hydrogen-bond acceptors (Lipinski definition) is 3. The van der Waals surface area contributed by atoms with Crippen molar-refractivity contribution in [3.05, 3.63) is 29.8 Å². The van der Waals surface area contributed by atoms with Gasteiger partial charge in [-0.3, -0.25) is 0 Å². The smallest absolute Gasteiger partial charge is 0.178 e. The van der Waals surface area contributed by atoms with Crippen LogP contribution in [0.15, 0.2) is 29.2 Å². The van der Waals surface area contributed by atoms with Crippen LogP contribution in [0.3, 0.4) is 0 Å². The summed E-state index contributed by atoms with van der Waals surface area (Å²) in [6.07, 6.45) is -0.562. The van der Waals surface area contributed by atoms with E-state index in [0.29, 0.717) is 10.5 Å². The van der Waals surface area contributed by atoms with E-state index in [0.717, 1.165) is 0 Å². The van der Waals surface area contributed by atoms with E-state index in [-0.39, 0.29) is 11.7 Å². The lowest BCUT2D eigenvalue weighted by atomic mass is 9.96. The van der Waals surface area contributed by atoms with Crippen molar-refractivity contribution in [1.82, 2.24) is 0 Å². The first-order chi connectivity index (χ1) is 7.40. The molecule has 1 aromatic rings. The second-order valence-corrected chi connectivity index (χ2v) is 6.22. The number of aliphatic hydroxyl groups is 1. The first-order valence-corrected chi connectivity index (χ1v) is 7.05. The van der Waals surface area contributed by atoms with Crippen LogP contribution < -0.4 is 0 Å². The Labute approximate surface area is 97.0 Å². The van der Waals surface area contributed by atoms with E-state index in [4.69, 9.17) is 0 Å². The van der Waals surface area contributed by atoms with Gasteiger partial charge in [0.25, 0.3) is 0 Å². The molecule has 0 aromatic heterocycles. The Kier molecular flexibility index (Phi) is 4.10. The molecule has 1 rings (SSSR count). The van der Waals surface area contributed by atoms with Crippen molar-refractivity contribution < 1.29 is 13.5 Å². The van der Waals surface area contributed by atoms with Crippen LogP contribution >= 0.6 is 0 Å². The normalized spacial score (nSPS) is 15.8. The van der Waals surface area contributed by atoms with Crippen LogP contribution in [0.25, 0.3) is 0 Å². The monoisotopic (exact) mass is 242 g/mol. The molecule has 0 aliphatic heterocycles. The lowest BCUT2D eigenvalue weighted by Crippen LogP contribution is -2.15. The van der Waals surface area contributed by atoms with E-state index in [2.05, 4.69) is 0 Å². The number of rotatable bonds is 4. The SMILES string of the molecule is CCS(=O)(=O)c1ccccc1C(C)C(C)O. The van der Waals surface area contributed by atoms with Gasteiger partial charge in [0.05, 0.1) is 16.8 Å². The number of sulfone groups is 1. The highest BCUT2D eigenvalue weighted by Gasteiger charge is 2.21. The molecule has 0 spiro atoms. The van der Waals surface area contributed by atoms with E-state index >= 15 is 0 Å². The van der Waals surface area contributed by atoms with Crippen LogP contribution in [-0.2, 0) is 9.84 Å². The highest BCUT2D eigenvalue weighted by molar-refractivity contribution is 7.91. The van der Waals surface area contributed by atoms with Crippen molar-refractivity contribution in [2.75, 3.05) is 5.75 Å². The van der Waals surface area contributed by atoms with Crippen molar-refractivity contribution in [1.29, 1.82) is 0 Å². The van der Waals surface area contributed by atoms with E-state index in [1.165, 1.54) is 0 Å². The van der Waals surface area contributed by atoms with Crippen LogP contribution in [-0.4, -0.2) is 25.4 Å². The Hall–Kier alpha value is -0.870. The maximum absolute atomic E-state index is 11.9. The fourth-order valence-electron chi connectivity index (χ4n) is 1.56. The minimum Gasteiger partial charge on any atom is -0.393 e. The molecule has 1 aromatic carbocycles. The first kappa shape index (κ1) is 13.2. The predicted molar refractivity (Wildman–Crippen MR) is 64.3 cm³/mol. The van der Waals surface area contributed by atoms with Crippen LogP contribution in [0.4, 0.5) is 0 Å². The Morgan fingerprint density at radius 2 is 1.81 bits per heavy atom. The fourth-order valence-corrected chi connectivity index (χ4v) is 2.77. The van der Waals surface area contributed by atoms with Crippen molar-refractivity contribution in [2.45, 2.75) is 37.7 Å². The molecule has 0 heterocycles. The highest BCUT2D eigenvalue weighted by atomic mass is 32.2. The molecule has 0 saturated carbocycles. The van der Waals surface area contributed by atoms with Gasteiger partial charge < -0.3 is 5.11 Å². The van der Waals surface area contributed by atoms with Crippen LogP contribution in [0, 0.1) is 0 Å². The maximum atomic E-state index is 11.9. The largest absolute Gasteiger partial charge is 0.393 e. The van der Waals surface area contributed by atoms with Gasteiger partial charge in [0.2, 0.25) is 0 Å². The van der Waals surface area contributed by atoms with Crippen LogP contribution in [0.1, 0.15) is 32.3 Å². The van der Waals surface area contributed by atoms with Gasteiger partial charge in [-0.15, -0.1) is 0 Å². The molecule has 2 atom stereocenters. The third-order valence-electron chi connectivity index (χ3n) is 2.85. The van der Waals surface area contributed by atoms with Crippen LogP contribution in [0.5, 0.6) is 0 Å². The highest BCUT2D eigenvalue weighted by Crippen LogP contribution is 2.26. The molecular weight excluding hydrogens is 224 g/mol. The van der Waals surface area contributed by atoms with Crippen molar-refractivity contribution >= 4 is 9.84 Å². The third-order valence-corrected chi connectivity index (χ3v) is 4.65. The average molecular weight is 242 g/mol. The van der Waals surface area contributed by atoms with E-state index in [1.54, 1.807) is 38.1 Å². The summed E-state index contributed by atoms with van der Waals surface area (Å²) in [6, 6.07) is 6.87. The molecule has 90 valence electrons. The molecule has 16 heavy (non-hydrogen) atoms. The van der Waals surface area contributed by atoms with Gasteiger partial charge in [0.15, 0.2) is 9.84 Å². The van der Waals surface area contributed by atoms with Gasteiger partial charge in [-0.2, -0.15) is 0 Å². The molecule has 0 saturated heterocycles. The van der Waals surface area contributed by atoms with Gasteiger partial charge >= 0.3 is 0 Å². The summed E-state index contributed by atoms with van der Waals surface area (Å²) >= 11 is 0. The molecule has 2 unspecified atom stereocenters. The summed E-state index contributed by atoms with van der Waals surface area (Å²) in [6.45, 7) is 5.12. The molecule has 0 aliphatic rings. The lowest BCUT2D eigenvalue weighted by Gasteiger charge is -2.18. The van der Waals surface area contributed by atoms with Crippen molar-refractivity contribution in [3.8, 4) is 0 Å². The predicted octanol–water partition coefficient (Wildman–Crippen LogP) is 1.96. The fraction of sp³-hybridized carbons (Fsp3) is 0.500. The molecule has 0 fully saturated rings. The minimum absolute atomic E-state index is 0.0799. The van der Waals surface area contributed by atoms with E-state index in [1.807, 2.05) is 6.92 Å². The van der Waals surface area contributed by atoms with Gasteiger partial charge in [0.1, 0.15) is 0 Å². The number of benzene rings is 1. The zero-order valence-corrected chi connectivity index (χ0v) is 10.7. The van der Waals surface area contributed by atoms with Crippen molar-refractivity contribution in [2.24, 2.45) is 0 Å². The summed E-state index contributed by atoms with van der Waals surface area (Å²) in [5, 5.41) is 9.54. The topological polar surface area (TPSA) is 54.4 Å². The summed E-state index contributed by atoms with van der Waals surface area (Å²) in [7, 11) is -3.22. The maximum Gasteiger partial charge on any atom is 0.178 e. The number of aliphatic hydroxyl groups excluding tert-OH is 1. The van der Waals surface area contributed by atoms with Gasteiger partial charge in [-0.25, -0.2) is 8.42 Å². The van der Waals surface area contributed by atoms with Gasteiger partial charge in [-0.05, 0) is 18.6 Å². The Morgan fingerprint density at radius 3 is 2.31 bits per heavy atom. The summed E-state index contributed by atoms with van der Waals surface area (Å²) in [5.41, 5.74) is 0.694. The molecule has 0 bridgehead atoms. The summed E-state index contributed by atoms with van der Waals surface area (Å²) in [5.74, 6) is -0.103. The Morgan fingerprint density at radius 1 is 1.25 bits per heavy atom. The summed E-state index contributed by atoms with van der Waals surface area (Å²) < 4.78 is 23.7. The second-order valence-electron chi connectivity index (χ2n) is 3.97. The molecule has 3 nitrogen and oxygen atoms in total. The minimum atomic E-state index is -3.22. The van der Waals surface area contributed by atoms with E-state index in [9.17, 15) is 13.5 Å². The first-order valence-electron chi connectivity index (χ1n) is 5.40. The average Bonchev–Trinajstić information content (AvgIpc) is 2.28. The van der Waals surface area contributed by atoms with E-state index < -0.39 is 15.9 Å². The second kappa shape index (κ2) is 4.97. The zero-order chi connectivity index (χ0) is 12.3. The van der Waals surface area contributed by atoms with Gasteiger partial charge in [-0.1, -0.05) is 32.0 Å². The molecule has 0 amide bonds. The standard InChI is InChI=1S/C12H18O3S/c1-4-16(14,15)12-8-6-5-7-11(12)9(2)10(3)13/h5-10,13H,4H2,1-3H3. The van der Waals surface area contributed by atoms with Crippen molar-refractivity contribution in [3.63, 3.8) is 0 Å². The molecule has 4 heteroatoms. The molecular formula is C12H18O3S. The Bertz CT molecular complexity index is 449. The zero-order valence-electron chi connectivity index (χ0n) is 9.84. The Balaban J connectivity index is 3.32. The van der Waals surface area contributed by atoms with Crippen LogP contribution in [0.2, 0.25) is 0 Å². The third kappa shape index (κ3) is 2.62. The quantitative estimate of drug-likeness (QED) is 0.878. The molecule has 0 radical (unpaired) electrons. The molecule has 0 aliphatic carbocycles. The summed E-state index contributed by atoms with van der Waals surface area (Å²) in [4.78, 5) is 0.339.